The minimum atomic E-state index is 0. The number of rotatable bonds is 12. The number of hydrogen-bond donors (Lipinski definition) is 2. The first kappa shape index (κ1) is 24.3. The Hall–Kier alpha value is -0.670. The van der Waals surface area contributed by atoms with Crippen LogP contribution in [0.15, 0.2) is 29.3 Å². The second-order valence-corrected chi connectivity index (χ2v) is 6.25. The predicted octanol–water partition coefficient (Wildman–Crippen LogP) is 3.53. The summed E-state index contributed by atoms with van der Waals surface area (Å²) in [5.74, 6) is 2.89. The van der Waals surface area contributed by atoms with Crippen LogP contribution in [0.3, 0.4) is 0 Å². The predicted molar refractivity (Wildman–Crippen MR) is 120 cm³/mol. The molecule has 0 heterocycles. The average Bonchev–Trinajstić information content (AvgIpc) is 2.62. The molecular weight excluding hydrogens is 449 g/mol. The molecule has 7 heteroatoms. The third kappa shape index (κ3) is 12.3. The number of ether oxygens (including phenoxy) is 2. The highest BCUT2D eigenvalue weighted by Gasteiger charge is 1.99. The van der Waals surface area contributed by atoms with Crippen molar-refractivity contribution in [3.05, 3.63) is 29.8 Å². The molecule has 0 bridgehead atoms. The van der Waals surface area contributed by atoms with Gasteiger partial charge in [-0.25, -0.2) is 4.99 Å². The normalized spacial score (nSPS) is 10.9. The van der Waals surface area contributed by atoms with E-state index >= 15 is 0 Å². The molecule has 0 aliphatic heterocycles. The summed E-state index contributed by atoms with van der Waals surface area (Å²) in [5.41, 5.74) is 1.16. The number of thioether (sulfide) groups is 1. The summed E-state index contributed by atoms with van der Waals surface area (Å²) in [6, 6.07) is 8.02. The molecule has 0 aromatic heterocycles. The molecule has 0 aliphatic rings. The lowest BCUT2D eigenvalue weighted by Crippen LogP contribution is -2.38. The SMILES string of the molecule is CCOCCCNC(=NCc1ccc(OC)cc1)NCCCSC.I. The van der Waals surface area contributed by atoms with Crippen molar-refractivity contribution in [1.29, 1.82) is 0 Å². The zero-order valence-corrected chi connectivity index (χ0v) is 18.7. The minimum Gasteiger partial charge on any atom is -0.497 e. The Morgan fingerprint density at radius 2 is 1.80 bits per heavy atom. The van der Waals surface area contributed by atoms with Crippen molar-refractivity contribution >= 4 is 41.7 Å². The lowest BCUT2D eigenvalue weighted by molar-refractivity contribution is 0.145. The first-order valence-electron chi connectivity index (χ1n) is 8.52. The molecule has 0 unspecified atom stereocenters. The molecular formula is C18H32IN3O2S. The van der Waals surface area contributed by atoms with Crippen molar-refractivity contribution in [3.8, 4) is 5.75 Å². The largest absolute Gasteiger partial charge is 0.497 e. The number of hydrogen-bond acceptors (Lipinski definition) is 4. The Morgan fingerprint density at radius 1 is 1.12 bits per heavy atom. The van der Waals surface area contributed by atoms with Crippen LogP contribution >= 0.6 is 35.7 Å². The van der Waals surface area contributed by atoms with Crippen molar-refractivity contribution in [2.45, 2.75) is 26.3 Å². The van der Waals surface area contributed by atoms with Crippen LogP contribution in [-0.4, -0.2) is 51.4 Å². The number of guanidine groups is 1. The molecule has 0 aliphatic carbocycles. The molecule has 0 spiro atoms. The van der Waals surface area contributed by atoms with Crippen LogP contribution in [0.25, 0.3) is 0 Å². The highest BCUT2D eigenvalue weighted by Crippen LogP contribution is 2.11. The molecule has 2 N–H and O–H groups in total. The fraction of sp³-hybridized carbons (Fsp3) is 0.611. The maximum Gasteiger partial charge on any atom is 0.191 e. The van der Waals surface area contributed by atoms with Crippen molar-refractivity contribution in [2.24, 2.45) is 4.99 Å². The lowest BCUT2D eigenvalue weighted by atomic mass is 10.2. The molecule has 5 nitrogen and oxygen atoms in total. The van der Waals surface area contributed by atoms with E-state index in [1.165, 1.54) is 0 Å². The van der Waals surface area contributed by atoms with Crippen molar-refractivity contribution in [3.63, 3.8) is 0 Å². The van der Waals surface area contributed by atoms with Crippen LogP contribution in [0.5, 0.6) is 5.75 Å². The van der Waals surface area contributed by atoms with Gasteiger partial charge < -0.3 is 20.1 Å². The van der Waals surface area contributed by atoms with Gasteiger partial charge in [0.2, 0.25) is 0 Å². The van der Waals surface area contributed by atoms with Gasteiger partial charge in [0.1, 0.15) is 5.75 Å². The maximum absolute atomic E-state index is 5.36. The van der Waals surface area contributed by atoms with Gasteiger partial charge in [-0.2, -0.15) is 11.8 Å². The summed E-state index contributed by atoms with van der Waals surface area (Å²) in [6.45, 7) is 6.00. The molecule has 1 aromatic carbocycles. The van der Waals surface area contributed by atoms with E-state index in [-0.39, 0.29) is 24.0 Å². The Bertz CT molecular complexity index is 458. The van der Waals surface area contributed by atoms with Gasteiger partial charge in [0, 0.05) is 26.3 Å². The highest BCUT2D eigenvalue weighted by atomic mass is 127. The molecule has 1 aromatic rings. The van der Waals surface area contributed by atoms with Gasteiger partial charge in [-0.1, -0.05) is 12.1 Å². The fourth-order valence-electron chi connectivity index (χ4n) is 2.02. The summed E-state index contributed by atoms with van der Waals surface area (Å²) >= 11 is 1.87. The number of nitrogens with one attached hydrogen (secondary N) is 2. The van der Waals surface area contributed by atoms with Crippen LogP contribution in [0.4, 0.5) is 0 Å². The Kier molecular flexibility index (Phi) is 16.3. The molecule has 144 valence electrons. The summed E-state index contributed by atoms with van der Waals surface area (Å²) in [5, 5.41) is 6.77. The second kappa shape index (κ2) is 16.8. The van der Waals surface area contributed by atoms with Gasteiger partial charge in [0.25, 0.3) is 0 Å². The van der Waals surface area contributed by atoms with Gasteiger partial charge in [-0.15, -0.1) is 24.0 Å². The van der Waals surface area contributed by atoms with E-state index in [1.807, 2.05) is 43.0 Å². The van der Waals surface area contributed by atoms with Gasteiger partial charge in [0.15, 0.2) is 5.96 Å². The van der Waals surface area contributed by atoms with Crippen LogP contribution in [-0.2, 0) is 11.3 Å². The van der Waals surface area contributed by atoms with Crippen LogP contribution in [0.1, 0.15) is 25.3 Å². The molecule has 25 heavy (non-hydrogen) atoms. The molecule has 0 saturated heterocycles. The molecule has 0 saturated carbocycles. The maximum atomic E-state index is 5.36. The summed E-state index contributed by atoms with van der Waals surface area (Å²) < 4.78 is 10.5. The first-order chi connectivity index (χ1) is 11.8. The number of nitrogens with zero attached hydrogens (tertiary/aromatic N) is 1. The standard InChI is InChI=1S/C18H31N3O2S.HI/c1-4-23-13-5-11-19-18(20-12-6-14-24-3)21-15-16-7-9-17(22-2)10-8-16;/h7-10H,4-6,11-15H2,1-3H3,(H2,19,20,21);1H. The molecule has 0 fully saturated rings. The fourth-order valence-corrected chi connectivity index (χ4v) is 2.46. The van der Waals surface area contributed by atoms with E-state index in [1.54, 1.807) is 7.11 Å². The molecule has 1 rings (SSSR count). The third-order valence-corrected chi connectivity index (χ3v) is 4.06. The Labute approximate surface area is 173 Å². The van der Waals surface area contributed by atoms with Crippen LogP contribution < -0.4 is 15.4 Å². The van der Waals surface area contributed by atoms with Gasteiger partial charge in [0.05, 0.1) is 13.7 Å². The van der Waals surface area contributed by atoms with Gasteiger partial charge >= 0.3 is 0 Å². The zero-order valence-electron chi connectivity index (χ0n) is 15.5. The van der Waals surface area contributed by atoms with E-state index in [2.05, 4.69) is 21.9 Å². The summed E-state index contributed by atoms with van der Waals surface area (Å²) in [6.07, 6.45) is 4.23. The Balaban J connectivity index is 0.00000576. The molecule has 0 amide bonds. The van der Waals surface area contributed by atoms with Crippen molar-refractivity contribution < 1.29 is 9.47 Å². The van der Waals surface area contributed by atoms with E-state index < -0.39 is 0 Å². The number of methoxy groups -OCH3 is 1. The van der Waals surface area contributed by atoms with Gasteiger partial charge in [-0.3, -0.25) is 0 Å². The van der Waals surface area contributed by atoms with E-state index in [0.29, 0.717) is 6.54 Å². The van der Waals surface area contributed by atoms with E-state index in [4.69, 9.17) is 9.47 Å². The highest BCUT2D eigenvalue weighted by molar-refractivity contribution is 14.0. The topological polar surface area (TPSA) is 54.9 Å². The minimum absolute atomic E-state index is 0. The van der Waals surface area contributed by atoms with Gasteiger partial charge in [-0.05, 0) is 49.5 Å². The Morgan fingerprint density at radius 3 is 2.40 bits per heavy atom. The molecule has 0 atom stereocenters. The van der Waals surface area contributed by atoms with Crippen molar-refractivity contribution in [2.75, 3.05) is 45.4 Å². The third-order valence-electron chi connectivity index (χ3n) is 3.36. The smallest absolute Gasteiger partial charge is 0.191 e. The number of benzene rings is 1. The number of halogens is 1. The van der Waals surface area contributed by atoms with Crippen LogP contribution in [0, 0.1) is 0 Å². The first-order valence-corrected chi connectivity index (χ1v) is 9.91. The monoisotopic (exact) mass is 481 g/mol. The van der Waals surface area contributed by atoms with Crippen LogP contribution in [0.2, 0.25) is 0 Å². The number of aliphatic imine (C=N–C) groups is 1. The molecule has 0 radical (unpaired) electrons. The second-order valence-electron chi connectivity index (χ2n) is 5.26. The van der Waals surface area contributed by atoms with E-state index in [0.717, 1.165) is 62.2 Å². The lowest BCUT2D eigenvalue weighted by Gasteiger charge is -2.12. The summed E-state index contributed by atoms with van der Waals surface area (Å²) in [4.78, 5) is 4.67. The zero-order chi connectivity index (χ0) is 17.5. The quantitative estimate of drug-likeness (QED) is 0.207. The summed E-state index contributed by atoms with van der Waals surface area (Å²) in [7, 11) is 1.68. The average molecular weight is 481 g/mol. The van der Waals surface area contributed by atoms with E-state index in [9.17, 15) is 0 Å². The van der Waals surface area contributed by atoms with Crippen molar-refractivity contribution in [1.82, 2.24) is 10.6 Å².